The Morgan fingerprint density at radius 3 is 2.32 bits per heavy atom. The van der Waals surface area contributed by atoms with Crippen LogP contribution >= 0.6 is 0 Å². The van der Waals surface area contributed by atoms with Crippen molar-refractivity contribution in [3.63, 3.8) is 0 Å². The summed E-state index contributed by atoms with van der Waals surface area (Å²) in [4.78, 5) is 23.0. The Balaban J connectivity index is 1.35. The van der Waals surface area contributed by atoms with Gasteiger partial charge in [0, 0.05) is 26.2 Å². The van der Waals surface area contributed by atoms with Crippen molar-refractivity contribution in [3.05, 3.63) is 0 Å². The fourth-order valence-corrected chi connectivity index (χ4v) is 4.92. The molecule has 22 heavy (non-hydrogen) atoms. The third-order valence-corrected chi connectivity index (χ3v) is 5.72. The second kappa shape index (κ2) is 6.75. The van der Waals surface area contributed by atoms with Gasteiger partial charge in [-0.15, -0.1) is 0 Å². The van der Waals surface area contributed by atoms with Crippen LogP contribution in [0.15, 0.2) is 0 Å². The molecule has 0 spiro atoms. The number of hydrogen-bond acceptors (Lipinski definition) is 2. The predicted molar refractivity (Wildman–Crippen MR) is 84.4 cm³/mol. The zero-order valence-corrected chi connectivity index (χ0v) is 13.4. The molecule has 3 aliphatic rings. The van der Waals surface area contributed by atoms with Crippen LogP contribution in [0.5, 0.6) is 0 Å². The molecule has 0 aromatic heterocycles. The lowest BCUT2D eigenvalue weighted by Crippen LogP contribution is -2.49. The van der Waals surface area contributed by atoms with Crippen LogP contribution in [-0.2, 0) is 0 Å². The average Bonchev–Trinajstić information content (AvgIpc) is 2.73. The summed E-state index contributed by atoms with van der Waals surface area (Å²) >= 11 is 0. The van der Waals surface area contributed by atoms with Crippen LogP contribution in [0.3, 0.4) is 0 Å². The van der Waals surface area contributed by atoms with Crippen molar-refractivity contribution in [2.24, 2.45) is 23.7 Å². The molecule has 0 aliphatic heterocycles. The lowest BCUT2D eigenvalue weighted by molar-refractivity contribution is 0.139. The van der Waals surface area contributed by atoms with E-state index in [1.165, 1.54) is 32.1 Å². The van der Waals surface area contributed by atoms with Crippen molar-refractivity contribution in [1.29, 1.82) is 0 Å². The van der Waals surface area contributed by atoms with Crippen LogP contribution in [0, 0.1) is 23.7 Å². The van der Waals surface area contributed by atoms with Crippen molar-refractivity contribution in [2.75, 3.05) is 20.1 Å². The number of urea groups is 2. The Morgan fingerprint density at radius 1 is 0.909 bits per heavy atom. The Labute approximate surface area is 132 Å². The van der Waals surface area contributed by atoms with Gasteiger partial charge in [-0.25, -0.2) is 9.59 Å². The minimum Gasteiger partial charge on any atom is -0.341 e. The highest BCUT2D eigenvalue weighted by molar-refractivity contribution is 5.74. The van der Waals surface area contributed by atoms with E-state index in [1.54, 1.807) is 7.05 Å². The third kappa shape index (κ3) is 3.47. The van der Waals surface area contributed by atoms with Crippen LogP contribution < -0.4 is 21.3 Å². The van der Waals surface area contributed by atoms with Gasteiger partial charge in [-0.2, -0.15) is 0 Å². The van der Waals surface area contributed by atoms with E-state index in [2.05, 4.69) is 21.3 Å². The summed E-state index contributed by atoms with van der Waals surface area (Å²) < 4.78 is 0. The molecule has 0 aromatic carbocycles. The molecule has 0 saturated heterocycles. The molecule has 0 aromatic rings. The van der Waals surface area contributed by atoms with Gasteiger partial charge in [0.15, 0.2) is 0 Å². The fourth-order valence-electron chi connectivity index (χ4n) is 4.92. The van der Waals surface area contributed by atoms with Gasteiger partial charge in [0.05, 0.1) is 0 Å². The van der Waals surface area contributed by atoms with E-state index >= 15 is 0 Å². The van der Waals surface area contributed by atoms with E-state index in [1.807, 2.05) is 0 Å². The van der Waals surface area contributed by atoms with E-state index in [9.17, 15) is 9.59 Å². The van der Waals surface area contributed by atoms with Crippen molar-refractivity contribution < 1.29 is 9.59 Å². The zero-order valence-electron chi connectivity index (χ0n) is 13.4. The van der Waals surface area contributed by atoms with Gasteiger partial charge in [-0.1, -0.05) is 0 Å². The van der Waals surface area contributed by atoms with Gasteiger partial charge in [-0.05, 0) is 62.2 Å². The quantitative estimate of drug-likeness (QED) is 0.580. The minimum atomic E-state index is -0.182. The SMILES string of the molecule is CNC(=O)NCCCNC(=O)NC1CC2CC3CC(C2)C1C3. The van der Waals surface area contributed by atoms with Gasteiger partial charge in [0.25, 0.3) is 0 Å². The first kappa shape index (κ1) is 15.4. The van der Waals surface area contributed by atoms with E-state index in [0.29, 0.717) is 25.0 Å². The molecular weight excluding hydrogens is 280 g/mol. The molecule has 3 aliphatic carbocycles. The summed E-state index contributed by atoms with van der Waals surface area (Å²) in [5, 5.41) is 11.3. The second-order valence-electron chi connectivity index (χ2n) is 7.20. The average molecular weight is 308 g/mol. The summed E-state index contributed by atoms with van der Waals surface area (Å²) in [6.45, 7) is 1.15. The standard InChI is InChI=1S/C16H28N4O2/c1-17-15(21)18-3-2-4-19-16(22)20-14-9-11-5-10-6-12(7-11)13(14)8-10/h10-14H,2-9H2,1H3,(H2,17,18,21)(H2,19,20,22). The number of hydrogen-bond donors (Lipinski definition) is 4. The van der Waals surface area contributed by atoms with E-state index in [-0.39, 0.29) is 12.1 Å². The van der Waals surface area contributed by atoms with Crippen molar-refractivity contribution in [1.82, 2.24) is 21.3 Å². The van der Waals surface area contributed by atoms with Crippen LogP contribution in [0.4, 0.5) is 9.59 Å². The van der Waals surface area contributed by atoms with Gasteiger partial charge in [0.2, 0.25) is 0 Å². The topological polar surface area (TPSA) is 82.3 Å². The molecule has 3 saturated carbocycles. The van der Waals surface area contributed by atoms with Crippen LogP contribution in [-0.4, -0.2) is 38.2 Å². The maximum atomic E-state index is 12.1. The van der Waals surface area contributed by atoms with Crippen LogP contribution in [0.25, 0.3) is 0 Å². The Morgan fingerprint density at radius 2 is 1.59 bits per heavy atom. The molecule has 6 nitrogen and oxygen atoms in total. The maximum Gasteiger partial charge on any atom is 0.315 e. The molecule has 6 heteroatoms. The Hall–Kier alpha value is -1.46. The smallest absolute Gasteiger partial charge is 0.315 e. The third-order valence-electron chi connectivity index (χ3n) is 5.72. The number of nitrogens with one attached hydrogen (secondary N) is 4. The molecule has 3 rings (SSSR count). The summed E-state index contributed by atoms with van der Waals surface area (Å²) in [6, 6.07) is 0.146. The first-order valence-corrected chi connectivity index (χ1v) is 8.65. The van der Waals surface area contributed by atoms with Crippen molar-refractivity contribution in [3.8, 4) is 0 Å². The summed E-state index contributed by atoms with van der Waals surface area (Å²) in [6.07, 6.45) is 7.41. The lowest BCUT2D eigenvalue weighted by Gasteiger charge is -2.39. The zero-order chi connectivity index (χ0) is 15.5. The summed E-state index contributed by atoms with van der Waals surface area (Å²) in [7, 11) is 1.59. The highest BCUT2D eigenvalue weighted by Gasteiger charge is 2.49. The monoisotopic (exact) mass is 308 g/mol. The number of amides is 4. The molecule has 5 atom stereocenters. The molecule has 0 heterocycles. The van der Waals surface area contributed by atoms with Gasteiger partial charge >= 0.3 is 12.1 Å². The van der Waals surface area contributed by atoms with E-state index in [0.717, 1.165) is 24.2 Å². The van der Waals surface area contributed by atoms with Crippen molar-refractivity contribution >= 4 is 12.1 Å². The number of rotatable bonds is 5. The van der Waals surface area contributed by atoms with Crippen LogP contribution in [0.2, 0.25) is 0 Å². The first-order chi connectivity index (χ1) is 10.7. The van der Waals surface area contributed by atoms with E-state index in [4.69, 9.17) is 0 Å². The normalized spacial score (nSPS) is 35.0. The van der Waals surface area contributed by atoms with Gasteiger partial charge < -0.3 is 21.3 Å². The number of fused-ring (bicyclic) bond motifs is 2. The van der Waals surface area contributed by atoms with Gasteiger partial charge in [0.1, 0.15) is 0 Å². The Kier molecular flexibility index (Phi) is 4.74. The lowest BCUT2D eigenvalue weighted by atomic mass is 9.70. The fraction of sp³-hybridized carbons (Fsp3) is 0.875. The molecule has 3 bridgehead atoms. The Bertz CT molecular complexity index is 426. The predicted octanol–water partition coefficient (Wildman–Crippen LogP) is 1.43. The minimum absolute atomic E-state index is 0.0466. The van der Waals surface area contributed by atoms with Crippen molar-refractivity contribution in [2.45, 2.75) is 44.6 Å². The largest absolute Gasteiger partial charge is 0.341 e. The molecule has 124 valence electrons. The molecule has 0 radical (unpaired) electrons. The number of carbonyl (C=O) groups is 2. The number of carbonyl (C=O) groups excluding carboxylic acids is 2. The highest BCUT2D eigenvalue weighted by Crippen LogP contribution is 2.54. The van der Waals surface area contributed by atoms with E-state index < -0.39 is 0 Å². The molecular formula is C16H28N4O2. The summed E-state index contributed by atoms with van der Waals surface area (Å²) in [5.41, 5.74) is 0. The summed E-state index contributed by atoms with van der Waals surface area (Å²) in [5.74, 6) is 3.34. The molecule has 5 unspecified atom stereocenters. The molecule has 3 fully saturated rings. The van der Waals surface area contributed by atoms with Crippen LogP contribution in [0.1, 0.15) is 38.5 Å². The second-order valence-corrected chi connectivity index (χ2v) is 7.20. The molecule has 4 amide bonds. The highest BCUT2D eigenvalue weighted by atomic mass is 16.2. The molecule has 4 N–H and O–H groups in total. The maximum absolute atomic E-state index is 12.1. The first-order valence-electron chi connectivity index (χ1n) is 8.65. The van der Waals surface area contributed by atoms with Gasteiger partial charge in [-0.3, -0.25) is 0 Å².